The molecule has 228 valence electrons. The van der Waals surface area contributed by atoms with Crippen molar-refractivity contribution in [1.29, 1.82) is 0 Å². The summed E-state index contributed by atoms with van der Waals surface area (Å²) in [4.78, 5) is 54.8. The van der Waals surface area contributed by atoms with Crippen molar-refractivity contribution in [3.05, 3.63) is 78.3 Å². The molecule has 2 aromatic heterocycles. The minimum absolute atomic E-state index is 0.268. The van der Waals surface area contributed by atoms with E-state index in [-0.39, 0.29) is 11.8 Å². The molecule has 0 aliphatic heterocycles. The molecule has 1 atom stereocenters. The van der Waals surface area contributed by atoms with Gasteiger partial charge in [0, 0.05) is 62.7 Å². The number of carbonyl (C=O) groups is 3. The van der Waals surface area contributed by atoms with Crippen LogP contribution >= 0.6 is 0 Å². The maximum Gasteiger partial charge on any atom is 0.260 e. The smallest absolute Gasteiger partial charge is 0.260 e. The minimum atomic E-state index is -0.712. The average molecular weight is 588 g/mol. The van der Waals surface area contributed by atoms with Crippen LogP contribution in [0.15, 0.2) is 67.1 Å². The Balaban J connectivity index is 1.63. The second kappa shape index (κ2) is 16.6. The molecule has 1 aromatic carbocycles. The molecule has 0 spiro atoms. The van der Waals surface area contributed by atoms with Gasteiger partial charge in [0.05, 0.1) is 0 Å². The van der Waals surface area contributed by atoms with E-state index in [0.717, 1.165) is 18.4 Å². The number of carbonyl (C=O) groups excluding carboxylic acids is 3. The van der Waals surface area contributed by atoms with Crippen LogP contribution in [-0.4, -0.2) is 89.3 Å². The van der Waals surface area contributed by atoms with Crippen LogP contribution in [0.4, 0.5) is 23.1 Å². The van der Waals surface area contributed by atoms with E-state index in [1.165, 1.54) is 17.2 Å². The van der Waals surface area contributed by atoms with Crippen molar-refractivity contribution in [2.75, 3.05) is 62.0 Å². The molecule has 0 saturated heterocycles. The van der Waals surface area contributed by atoms with Crippen molar-refractivity contribution < 1.29 is 14.4 Å². The predicted molar refractivity (Wildman–Crippen MR) is 170 cm³/mol. The first-order valence-electron chi connectivity index (χ1n) is 14.2. The van der Waals surface area contributed by atoms with Gasteiger partial charge < -0.3 is 31.1 Å². The van der Waals surface area contributed by atoms with E-state index >= 15 is 0 Å². The number of aromatic nitrogens is 3. The molecule has 4 N–H and O–H groups in total. The minimum Gasteiger partial charge on any atom is -0.369 e. The molecule has 0 saturated carbocycles. The zero-order valence-electron chi connectivity index (χ0n) is 25.4. The van der Waals surface area contributed by atoms with Crippen LogP contribution in [0.5, 0.6) is 0 Å². The molecule has 0 aliphatic carbocycles. The van der Waals surface area contributed by atoms with Crippen molar-refractivity contribution in [3.8, 4) is 0 Å². The number of pyridine rings is 1. The Morgan fingerprint density at radius 2 is 1.70 bits per heavy atom. The van der Waals surface area contributed by atoms with E-state index in [9.17, 15) is 14.4 Å². The third-order valence-electron chi connectivity index (χ3n) is 6.45. The molecule has 12 heteroatoms. The maximum atomic E-state index is 13.2. The quantitative estimate of drug-likeness (QED) is 0.196. The van der Waals surface area contributed by atoms with Gasteiger partial charge in [-0.05, 0) is 69.8 Å². The van der Waals surface area contributed by atoms with Crippen molar-refractivity contribution in [3.63, 3.8) is 0 Å². The van der Waals surface area contributed by atoms with Gasteiger partial charge in [-0.15, -0.1) is 0 Å². The van der Waals surface area contributed by atoms with Crippen molar-refractivity contribution >= 4 is 40.9 Å². The van der Waals surface area contributed by atoms with Gasteiger partial charge in [0.1, 0.15) is 17.4 Å². The lowest BCUT2D eigenvalue weighted by molar-refractivity contribution is -0.132. The number of anilines is 4. The van der Waals surface area contributed by atoms with E-state index in [1.807, 2.05) is 38.1 Å². The van der Waals surface area contributed by atoms with E-state index in [2.05, 4.69) is 36.2 Å². The summed E-state index contributed by atoms with van der Waals surface area (Å²) >= 11 is 0. The summed E-state index contributed by atoms with van der Waals surface area (Å²) in [5.41, 5.74) is 2.39. The van der Waals surface area contributed by atoms with Crippen LogP contribution in [0.1, 0.15) is 36.2 Å². The molecule has 0 radical (unpaired) electrons. The highest BCUT2D eigenvalue weighted by atomic mass is 16.2. The van der Waals surface area contributed by atoms with Crippen LogP contribution in [0.3, 0.4) is 0 Å². The van der Waals surface area contributed by atoms with Gasteiger partial charge in [-0.2, -0.15) is 4.98 Å². The third-order valence-corrected chi connectivity index (χ3v) is 6.45. The average Bonchev–Trinajstić information content (AvgIpc) is 2.99. The molecule has 43 heavy (non-hydrogen) atoms. The Morgan fingerprint density at radius 3 is 2.40 bits per heavy atom. The summed E-state index contributed by atoms with van der Waals surface area (Å²) < 4.78 is 0. The van der Waals surface area contributed by atoms with E-state index in [0.29, 0.717) is 48.3 Å². The number of rotatable bonds is 15. The molecular formula is C31H41N9O3. The normalized spacial score (nSPS) is 11.7. The highest BCUT2D eigenvalue weighted by Crippen LogP contribution is 2.20. The third kappa shape index (κ3) is 10.5. The van der Waals surface area contributed by atoms with E-state index in [4.69, 9.17) is 0 Å². The van der Waals surface area contributed by atoms with Gasteiger partial charge in [-0.25, -0.2) is 4.98 Å². The van der Waals surface area contributed by atoms with Crippen LogP contribution < -0.4 is 21.3 Å². The molecule has 0 unspecified atom stereocenters. The number of nitrogens with zero attached hydrogens (tertiary/aromatic N) is 5. The molecular weight excluding hydrogens is 546 g/mol. The largest absolute Gasteiger partial charge is 0.369 e. The van der Waals surface area contributed by atoms with Crippen molar-refractivity contribution in [2.45, 2.75) is 32.7 Å². The van der Waals surface area contributed by atoms with Crippen LogP contribution in [0.25, 0.3) is 0 Å². The highest BCUT2D eigenvalue weighted by molar-refractivity contribution is 6.07. The summed E-state index contributed by atoms with van der Waals surface area (Å²) in [5.74, 6) is -0.179. The Bertz CT molecular complexity index is 1400. The van der Waals surface area contributed by atoms with Gasteiger partial charge in [0.2, 0.25) is 17.8 Å². The lowest BCUT2D eigenvalue weighted by Gasteiger charge is -2.23. The molecule has 2 heterocycles. The first-order valence-corrected chi connectivity index (χ1v) is 14.2. The van der Waals surface area contributed by atoms with Crippen molar-refractivity contribution in [1.82, 2.24) is 24.8 Å². The van der Waals surface area contributed by atoms with Gasteiger partial charge in [-0.3, -0.25) is 19.4 Å². The molecule has 0 aliphatic rings. The number of amides is 3. The number of hydrogen-bond acceptors (Lipinski definition) is 9. The van der Waals surface area contributed by atoms with Crippen LogP contribution in [-0.2, 0) is 16.0 Å². The summed E-state index contributed by atoms with van der Waals surface area (Å²) in [6.07, 6.45) is 9.83. The topological polar surface area (TPSA) is 144 Å². The Morgan fingerprint density at radius 1 is 0.977 bits per heavy atom. The van der Waals surface area contributed by atoms with Gasteiger partial charge in [0.15, 0.2) is 0 Å². The van der Waals surface area contributed by atoms with E-state index < -0.39 is 11.9 Å². The first-order chi connectivity index (χ1) is 20.7. The van der Waals surface area contributed by atoms with Crippen molar-refractivity contribution in [2.24, 2.45) is 0 Å². The standard InChI is InChI=1S/C31H41N9O3/c1-6-15-33-28-26(21-35-31(38-28)34-18-14-23-12-16-32-17-13-23)30(43)37-25-10-7-9-24(20-25)36-29(42)22(2)40(5)27(41)11-8-19-39(3)4/h7-13,16-17,20-22H,6,14-15,18-19H2,1-5H3,(H,36,42)(H,37,43)(H2,33,34,35,38)/t22-/m0/s1. The van der Waals surface area contributed by atoms with Gasteiger partial charge in [0.25, 0.3) is 5.91 Å². The van der Waals surface area contributed by atoms with E-state index in [1.54, 1.807) is 56.7 Å². The Kier molecular flexibility index (Phi) is 12.6. The molecule has 12 nitrogen and oxygen atoms in total. The first kappa shape index (κ1) is 32.7. The van der Waals surface area contributed by atoms with Gasteiger partial charge in [-0.1, -0.05) is 19.1 Å². The summed E-state index contributed by atoms with van der Waals surface area (Å²) in [6.45, 7) is 5.56. The lowest BCUT2D eigenvalue weighted by atomic mass is 10.2. The summed E-state index contributed by atoms with van der Waals surface area (Å²) in [6, 6.07) is 10.00. The van der Waals surface area contributed by atoms with Crippen LogP contribution in [0.2, 0.25) is 0 Å². The number of nitrogens with one attached hydrogen (secondary N) is 4. The molecule has 3 rings (SSSR count). The number of benzene rings is 1. The van der Waals surface area contributed by atoms with Gasteiger partial charge >= 0.3 is 0 Å². The Hall–Kier alpha value is -4.84. The fourth-order valence-electron chi connectivity index (χ4n) is 3.85. The monoisotopic (exact) mass is 587 g/mol. The highest BCUT2D eigenvalue weighted by Gasteiger charge is 2.21. The number of likely N-dealkylation sites (N-methyl/N-ethyl adjacent to an activating group) is 2. The summed E-state index contributed by atoms with van der Waals surface area (Å²) in [7, 11) is 5.39. The second-order valence-electron chi connectivity index (χ2n) is 10.2. The number of hydrogen-bond donors (Lipinski definition) is 4. The zero-order chi connectivity index (χ0) is 31.2. The predicted octanol–water partition coefficient (Wildman–Crippen LogP) is 3.50. The molecule has 3 amide bonds. The lowest BCUT2D eigenvalue weighted by Crippen LogP contribution is -2.42. The maximum absolute atomic E-state index is 13.2. The molecule has 0 bridgehead atoms. The fraction of sp³-hybridized carbons (Fsp3) is 0.355. The fourth-order valence-corrected chi connectivity index (χ4v) is 3.85. The molecule has 3 aromatic rings. The van der Waals surface area contributed by atoms with Crippen LogP contribution in [0, 0.1) is 0 Å². The SMILES string of the molecule is CCCNc1nc(NCCc2ccncc2)ncc1C(=O)Nc1cccc(NC(=O)[C@H](C)N(C)C(=O)C=CCN(C)C)c1. The Labute approximate surface area is 253 Å². The zero-order valence-corrected chi connectivity index (χ0v) is 25.4. The second-order valence-corrected chi connectivity index (χ2v) is 10.2. The summed E-state index contributed by atoms with van der Waals surface area (Å²) in [5, 5.41) is 12.1. The molecule has 0 fully saturated rings.